The Balaban J connectivity index is 1.48. The summed E-state index contributed by atoms with van der Waals surface area (Å²) in [6, 6.07) is 7.50. The van der Waals surface area contributed by atoms with E-state index in [1.165, 1.54) is 0 Å². The number of nitrogens with zero attached hydrogens (tertiary/aromatic N) is 3. The number of hydrogen-bond acceptors (Lipinski definition) is 5. The van der Waals surface area contributed by atoms with E-state index in [1.54, 1.807) is 24.3 Å². The molecule has 3 rings (SSSR count). The van der Waals surface area contributed by atoms with Crippen molar-refractivity contribution in [2.24, 2.45) is 0 Å². The number of oxazole rings is 1. The summed E-state index contributed by atoms with van der Waals surface area (Å²) in [5.74, 6) is 1.25. The van der Waals surface area contributed by atoms with Gasteiger partial charge >= 0.3 is 0 Å². The summed E-state index contributed by atoms with van der Waals surface area (Å²) in [5.41, 5.74) is 2.70. The fourth-order valence-electron chi connectivity index (χ4n) is 2.37. The maximum absolute atomic E-state index is 11.9. The summed E-state index contributed by atoms with van der Waals surface area (Å²) >= 11 is 0. The van der Waals surface area contributed by atoms with Gasteiger partial charge in [0.25, 0.3) is 0 Å². The molecule has 7 heteroatoms. The lowest BCUT2D eigenvalue weighted by Gasteiger charge is -2.03. The molecule has 0 radical (unpaired) electrons. The molecule has 0 saturated carbocycles. The number of aryl methyl sites for hydroxylation is 1. The number of amides is 1. The third-order valence-corrected chi connectivity index (χ3v) is 3.66. The second kappa shape index (κ2) is 7.65. The van der Waals surface area contributed by atoms with Crippen molar-refractivity contribution in [2.75, 3.05) is 13.7 Å². The number of methoxy groups -OCH3 is 1. The van der Waals surface area contributed by atoms with Crippen LogP contribution in [0, 0.1) is 6.92 Å². The van der Waals surface area contributed by atoms with Crippen LogP contribution in [-0.4, -0.2) is 34.3 Å². The van der Waals surface area contributed by atoms with E-state index in [2.05, 4.69) is 15.4 Å². The van der Waals surface area contributed by atoms with Crippen molar-refractivity contribution in [2.45, 2.75) is 19.9 Å². The molecule has 0 atom stereocenters. The molecule has 0 fully saturated rings. The van der Waals surface area contributed by atoms with E-state index in [4.69, 9.17) is 9.15 Å². The van der Waals surface area contributed by atoms with Crippen LogP contribution in [0.4, 0.5) is 0 Å². The number of benzene rings is 1. The van der Waals surface area contributed by atoms with Crippen LogP contribution in [0.25, 0.3) is 11.5 Å². The van der Waals surface area contributed by atoms with E-state index >= 15 is 0 Å². The molecule has 130 valence electrons. The van der Waals surface area contributed by atoms with Crippen molar-refractivity contribution in [3.63, 3.8) is 0 Å². The highest BCUT2D eigenvalue weighted by molar-refractivity contribution is 5.75. The molecule has 1 amide bonds. The van der Waals surface area contributed by atoms with Gasteiger partial charge in [-0.3, -0.25) is 9.48 Å². The lowest BCUT2D eigenvalue weighted by molar-refractivity contribution is -0.121. The molecule has 0 aliphatic heterocycles. The largest absolute Gasteiger partial charge is 0.497 e. The van der Waals surface area contributed by atoms with Gasteiger partial charge in [0.2, 0.25) is 11.8 Å². The second-order valence-electron chi connectivity index (χ2n) is 5.69. The summed E-state index contributed by atoms with van der Waals surface area (Å²) in [4.78, 5) is 16.3. The number of carbonyl (C=O) groups is 1. The molecular formula is C18H20N4O3. The minimum absolute atomic E-state index is 0.0815. The molecule has 2 heterocycles. The lowest BCUT2D eigenvalue weighted by atomic mass is 10.2. The molecule has 25 heavy (non-hydrogen) atoms. The third-order valence-electron chi connectivity index (χ3n) is 3.66. The molecule has 0 aliphatic rings. The van der Waals surface area contributed by atoms with Gasteiger partial charge in [0.15, 0.2) is 0 Å². The standard InChI is InChI=1S/C18H20N4O3/c1-13-9-20-22(10-13)11-17(23)19-8-7-15-12-25-18(21-15)14-3-5-16(24-2)6-4-14/h3-6,9-10,12H,7-8,11H2,1-2H3,(H,19,23). The highest BCUT2D eigenvalue weighted by Gasteiger charge is 2.08. The van der Waals surface area contributed by atoms with Gasteiger partial charge in [-0.15, -0.1) is 0 Å². The van der Waals surface area contributed by atoms with E-state index in [0.717, 1.165) is 22.6 Å². The van der Waals surface area contributed by atoms with Crippen molar-refractivity contribution < 1.29 is 13.9 Å². The average molecular weight is 340 g/mol. The fraction of sp³-hybridized carbons (Fsp3) is 0.278. The number of aromatic nitrogens is 3. The minimum Gasteiger partial charge on any atom is -0.497 e. The Morgan fingerprint density at radius 3 is 2.80 bits per heavy atom. The molecule has 0 unspecified atom stereocenters. The Morgan fingerprint density at radius 1 is 1.32 bits per heavy atom. The normalized spacial score (nSPS) is 10.6. The topological polar surface area (TPSA) is 82.2 Å². The molecule has 3 aromatic rings. The quantitative estimate of drug-likeness (QED) is 0.713. The zero-order chi connectivity index (χ0) is 17.6. The van der Waals surface area contributed by atoms with Crippen LogP contribution in [0.2, 0.25) is 0 Å². The lowest BCUT2D eigenvalue weighted by Crippen LogP contribution is -2.29. The second-order valence-corrected chi connectivity index (χ2v) is 5.69. The van der Waals surface area contributed by atoms with E-state index in [1.807, 2.05) is 37.4 Å². The molecule has 0 saturated heterocycles. The molecule has 2 aromatic heterocycles. The van der Waals surface area contributed by atoms with Crippen molar-refractivity contribution in [3.8, 4) is 17.2 Å². The van der Waals surface area contributed by atoms with E-state index in [-0.39, 0.29) is 12.5 Å². The van der Waals surface area contributed by atoms with Crippen LogP contribution in [0.15, 0.2) is 47.3 Å². The Bertz CT molecular complexity index is 836. The van der Waals surface area contributed by atoms with Crippen LogP contribution in [0.5, 0.6) is 5.75 Å². The Labute approximate surface area is 145 Å². The molecule has 0 bridgehead atoms. The summed E-state index contributed by atoms with van der Waals surface area (Å²) in [7, 11) is 1.63. The molecular weight excluding hydrogens is 320 g/mol. The SMILES string of the molecule is COc1ccc(-c2nc(CCNC(=O)Cn3cc(C)cn3)co2)cc1. The summed E-state index contributed by atoms with van der Waals surface area (Å²) in [6.45, 7) is 2.64. The van der Waals surface area contributed by atoms with E-state index < -0.39 is 0 Å². The van der Waals surface area contributed by atoms with Gasteiger partial charge in [-0.05, 0) is 36.8 Å². The monoisotopic (exact) mass is 340 g/mol. The molecule has 1 N–H and O–H groups in total. The smallest absolute Gasteiger partial charge is 0.241 e. The van der Waals surface area contributed by atoms with Gasteiger partial charge < -0.3 is 14.5 Å². The molecule has 0 aliphatic carbocycles. The van der Waals surface area contributed by atoms with E-state index in [0.29, 0.717) is 18.9 Å². The van der Waals surface area contributed by atoms with Gasteiger partial charge in [-0.1, -0.05) is 0 Å². The van der Waals surface area contributed by atoms with Crippen LogP contribution in [-0.2, 0) is 17.8 Å². The number of nitrogens with one attached hydrogen (secondary N) is 1. The van der Waals surface area contributed by atoms with Crippen LogP contribution < -0.4 is 10.1 Å². The molecule has 7 nitrogen and oxygen atoms in total. The van der Waals surface area contributed by atoms with Crippen molar-refractivity contribution in [3.05, 3.63) is 54.2 Å². The van der Waals surface area contributed by atoms with Crippen molar-refractivity contribution >= 4 is 5.91 Å². The minimum atomic E-state index is -0.0815. The van der Waals surface area contributed by atoms with Crippen LogP contribution in [0.1, 0.15) is 11.3 Å². The number of ether oxygens (including phenoxy) is 1. The number of hydrogen-bond donors (Lipinski definition) is 1. The maximum Gasteiger partial charge on any atom is 0.241 e. The van der Waals surface area contributed by atoms with Crippen molar-refractivity contribution in [1.82, 2.24) is 20.1 Å². The highest BCUT2D eigenvalue weighted by Crippen LogP contribution is 2.21. The number of rotatable bonds is 7. The van der Waals surface area contributed by atoms with Gasteiger partial charge in [0.1, 0.15) is 18.6 Å². The van der Waals surface area contributed by atoms with Crippen LogP contribution >= 0.6 is 0 Å². The van der Waals surface area contributed by atoms with E-state index in [9.17, 15) is 4.79 Å². The fourth-order valence-corrected chi connectivity index (χ4v) is 2.37. The molecule has 1 aromatic carbocycles. The summed E-state index contributed by atoms with van der Waals surface area (Å²) in [6.07, 6.45) is 5.77. The maximum atomic E-state index is 11.9. The Hall–Kier alpha value is -3.09. The van der Waals surface area contributed by atoms with Gasteiger partial charge in [-0.2, -0.15) is 5.10 Å². The summed E-state index contributed by atoms with van der Waals surface area (Å²) < 4.78 is 12.2. The molecule has 0 spiro atoms. The first kappa shape index (κ1) is 16.8. The van der Waals surface area contributed by atoms with Crippen molar-refractivity contribution in [1.29, 1.82) is 0 Å². The first-order valence-corrected chi connectivity index (χ1v) is 7.98. The zero-order valence-electron chi connectivity index (χ0n) is 14.2. The Morgan fingerprint density at radius 2 is 2.12 bits per heavy atom. The predicted molar refractivity (Wildman–Crippen MR) is 92.2 cm³/mol. The van der Waals surface area contributed by atoms with Crippen LogP contribution in [0.3, 0.4) is 0 Å². The average Bonchev–Trinajstić information content (AvgIpc) is 3.24. The van der Waals surface area contributed by atoms with Gasteiger partial charge in [0.05, 0.1) is 19.0 Å². The predicted octanol–water partition coefficient (Wildman–Crippen LogP) is 2.21. The van der Waals surface area contributed by atoms with Gasteiger partial charge in [0, 0.05) is 24.7 Å². The first-order chi connectivity index (χ1) is 12.1. The Kier molecular flexibility index (Phi) is 5.13. The van der Waals surface area contributed by atoms with Gasteiger partial charge in [-0.25, -0.2) is 4.98 Å². The third kappa shape index (κ3) is 4.47. The summed E-state index contributed by atoms with van der Waals surface area (Å²) in [5, 5.41) is 6.95. The number of carbonyl (C=O) groups excluding carboxylic acids is 1. The zero-order valence-corrected chi connectivity index (χ0v) is 14.2. The highest BCUT2D eigenvalue weighted by atomic mass is 16.5. The first-order valence-electron chi connectivity index (χ1n) is 7.98.